The summed E-state index contributed by atoms with van der Waals surface area (Å²) >= 11 is 0. The summed E-state index contributed by atoms with van der Waals surface area (Å²) in [6.07, 6.45) is 0. The lowest BCUT2D eigenvalue weighted by molar-refractivity contribution is 0.483. The van der Waals surface area contributed by atoms with Crippen LogP contribution < -0.4 is 30.9 Å². The molecule has 3 nitrogen and oxygen atoms in total. The second-order valence-corrected chi connectivity index (χ2v) is 16.5. The van der Waals surface area contributed by atoms with Crippen LogP contribution in [-0.2, 0) is 0 Å². The summed E-state index contributed by atoms with van der Waals surface area (Å²) in [5.41, 5.74) is 19.8. The number of rotatable bonds is 8. The maximum Gasteiger partial charge on any atom is 0.252 e. The maximum absolute atomic E-state index is 6.85. The summed E-state index contributed by atoms with van der Waals surface area (Å²) in [6.45, 7) is -0.0900. The molecule has 0 bridgehead atoms. The molecule has 0 atom stereocenters. The van der Waals surface area contributed by atoms with Crippen LogP contribution in [0, 0.1) is 0 Å². The van der Waals surface area contributed by atoms with E-state index in [0.717, 1.165) is 45.6 Å². The maximum atomic E-state index is 6.85. The SMILES string of the molecule is c1ccc(Oc2cc3c4c(c2)N(c2ccc(-c5ccccc5)cc2)c2ccc(-c5ccccc5)cc2B4c2cc(-c4ccccc4)ccc2N3c2ccc(-c3ccccc3)cc2)cc1. The van der Waals surface area contributed by atoms with Gasteiger partial charge in [-0.2, -0.15) is 0 Å². The molecule has 10 aromatic rings. The van der Waals surface area contributed by atoms with Gasteiger partial charge in [-0.25, -0.2) is 0 Å². The van der Waals surface area contributed by atoms with Crippen molar-refractivity contribution >= 4 is 57.2 Å². The Morgan fingerprint density at radius 3 is 0.984 bits per heavy atom. The van der Waals surface area contributed by atoms with E-state index in [1.807, 2.05) is 30.3 Å². The summed E-state index contributed by atoms with van der Waals surface area (Å²) in [6, 6.07) is 89.4. The summed E-state index contributed by atoms with van der Waals surface area (Å²) in [5.74, 6) is 1.56. The predicted molar refractivity (Wildman–Crippen MR) is 269 cm³/mol. The van der Waals surface area contributed by atoms with E-state index in [9.17, 15) is 0 Å². The second-order valence-electron chi connectivity index (χ2n) is 16.5. The fourth-order valence-electron chi connectivity index (χ4n) is 9.71. The first-order chi connectivity index (χ1) is 31.7. The van der Waals surface area contributed by atoms with E-state index < -0.39 is 0 Å². The highest BCUT2D eigenvalue weighted by atomic mass is 16.5. The Morgan fingerprint density at radius 1 is 0.266 bits per heavy atom. The smallest absolute Gasteiger partial charge is 0.252 e. The summed E-state index contributed by atoms with van der Waals surface area (Å²) < 4.78 is 6.85. The van der Waals surface area contributed by atoms with Crippen LogP contribution in [-0.4, -0.2) is 6.71 Å². The molecule has 0 N–H and O–H groups in total. The Labute approximate surface area is 374 Å². The van der Waals surface area contributed by atoms with E-state index in [1.165, 1.54) is 60.9 Å². The molecule has 0 aromatic heterocycles. The van der Waals surface area contributed by atoms with Crippen molar-refractivity contribution < 1.29 is 4.74 Å². The molecule has 0 radical (unpaired) electrons. The number of para-hydroxylation sites is 1. The largest absolute Gasteiger partial charge is 0.457 e. The number of hydrogen-bond donors (Lipinski definition) is 0. The fraction of sp³-hybridized carbons (Fsp3) is 0. The molecule has 300 valence electrons. The minimum atomic E-state index is -0.0900. The van der Waals surface area contributed by atoms with Gasteiger partial charge in [0.15, 0.2) is 0 Å². The van der Waals surface area contributed by atoms with E-state index in [0.29, 0.717) is 0 Å². The number of hydrogen-bond acceptors (Lipinski definition) is 3. The van der Waals surface area contributed by atoms with Crippen molar-refractivity contribution in [3.63, 3.8) is 0 Å². The molecule has 0 saturated carbocycles. The number of anilines is 6. The van der Waals surface area contributed by atoms with Crippen LogP contribution in [0.1, 0.15) is 0 Å². The van der Waals surface area contributed by atoms with Crippen molar-refractivity contribution in [3.05, 3.63) is 249 Å². The molecule has 2 aliphatic heterocycles. The van der Waals surface area contributed by atoms with E-state index in [2.05, 4.69) is 228 Å². The summed E-state index contributed by atoms with van der Waals surface area (Å²) in [4.78, 5) is 4.91. The average Bonchev–Trinajstić information content (AvgIpc) is 3.37. The van der Waals surface area contributed by atoms with Gasteiger partial charge in [-0.1, -0.05) is 188 Å². The molecular formula is C60H41BN2O. The Hall–Kier alpha value is -8.34. The van der Waals surface area contributed by atoms with Gasteiger partial charge in [-0.05, 0) is 109 Å². The third-order valence-electron chi connectivity index (χ3n) is 12.7. The van der Waals surface area contributed by atoms with Crippen LogP contribution in [0.25, 0.3) is 44.5 Å². The van der Waals surface area contributed by atoms with E-state index in [1.54, 1.807) is 0 Å². The predicted octanol–water partition coefficient (Wildman–Crippen LogP) is 14.2. The van der Waals surface area contributed by atoms with Gasteiger partial charge < -0.3 is 14.5 Å². The molecule has 12 rings (SSSR count). The van der Waals surface area contributed by atoms with Crippen LogP contribution in [0.15, 0.2) is 249 Å². The van der Waals surface area contributed by atoms with Gasteiger partial charge in [-0.15, -0.1) is 0 Å². The monoisotopic (exact) mass is 816 g/mol. The van der Waals surface area contributed by atoms with Crippen LogP contribution >= 0.6 is 0 Å². The van der Waals surface area contributed by atoms with Gasteiger partial charge in [-0.3, -0.25) is 0 Å². The first-order valence-corrected chi connectivity index (χ1v) is 21.9. The zero-order chi connectivity index (χ0) is 42.4. The number of nitrogens with zero attached hydrogens (tertiary/aromatic N) is 2. The molecule has 2 heterocycles. The Bertz CT molecular complexity index is 3070. The number of fused-ring (bicyclic) bond motifs is 4. The topological polar surface area (TPSA) is 15.7 Å². The van der Waals surface area contributed by atoms with E-state index >= 15 is 0 Å². The normalized spacial score (nSPS) is 12.3. The summed E-state index contributed by atoms with van der Waals surface area (Å²) in [7, 11) is 0. The van der Waals surface area contributed by atoms with Gasteiger partial charge in [0, 0.05) is 46.3 Å². The van der Waals surface area contributed by atoms with Crippen LogP contribution in [0.4, 0.5) is 34.1 Å². The molecule has 0 fully saturated rings. The molecule has 0 amide bonds. The Kier molecular flexibility index (Phi) is 9.27. The molecule has 4 heteroatoms. The van der Waals surface area contributed by atoms with Gasteiger partial charge in [0.2, 0.25) is 0 Å². The molecule has 0 spiro atoms. The molecule has 2 aliphatic rings. The van der Waals surface area contributed by atoms with E-state index in [4.69, 9.17) is 4.74 Å². The molecule has 10 aromatic carbocycles. The lowest BCUT2D eigenvalue weighted by Gasteiger charge is -2.44. The average molecular weight is 817 g/mol. The van der Waals surface area contributed by atoms with Gasteiger partial charge in [0.25, 0.3) is 6.71 Å². The van der Waals surface area contributed by atoms with Gasteiger partial charge in [0.1, 0.15) is 11.5 Å². The van der Waals surface area contributed by atoms with Gasteiger partial charge >= 0.3 is 0 Å². The molecule has 0 aliphatic carbocycles. The van der Waals surface area contributed by atoms with Crippen molar-refractivity contribution in [2.75, 3.05) is 9.80 Å². The Morgan fingerprint density at radius 2 is 0.594 bits per heavy atom. The van der Waals surface area contributed by atoms with Crippen LogP contribution in [0.2, 0.25) is 0 Å². The first kappa shape index (κ1) is 37.4. The standard InChI is InChI=1S/C60H41BN2O/c1-6-16-42(17-7-1)46-26-32-50(33-27-46)62-56-36-30-48(44-20-10-3-11-21-44)38-54(56)61-55-39-49(45-22-12-4-13-23-45)31-37-57(55)63(51-34-28-47(29-35-51)43-18-8-2-9-19-43)59-41-53(40-58(62)60(59)61)64-52-24-14-5-15-25-52/h1-41H. The van der Waals surface area contributed by atoms with Crippen molar-refractivity contribution in [3.8, 4) is 56.0 Å². The molecule has 64 heavy (non-hydrogen) atoms. The Balaban J connectivity index is 1.14. The van der Waals surface area contributed by atoms with E-state index in [-0.39, 0.29) is 6.71 Å². The molecular weight excluding hydrogens is 775 g/mol. The van der Waals surface area contributed by atoms with Crippen molar-refractivity contribution in [2.45, 2.75) is 0 Å². The minimum Gasteiger partial charge on any atom is -0.457 e. The van der Waals surface area contributed by atoms with Crippen molar-refractivity contribution in [2.24, 2.45) is 0 Å². The third kappa shape index (κ3) is 6.64. The lowest BCUT2D eigenvalue weighted by atomic mass is 9.33. The molecule has 0 unspecified atom stereocenters. The minimum absolute atomic E-state index is 0.0900. The second kappa shape index (κ2) is 15.8. The third-order valence-corrected chi connectivity index (χ3v) is 12.7. The lowest BCUT2D eigenvalue weighted by Crippen LogP contribution is -2.61. The van der Waals surface area contributed by atoms with Crippen molar-refractivity contribution in [1.82, 2.24) is 0 Å². The highest BCUT2D eigenvalue weighted by Gasteiger charge is 2.44. The summed E-state index contributed by atoms with van der Waals surface area (Å²) in [5, 5.41) is 0. The zero-order valence-corrected chi connectivity index (χ0v) is 35.1. The van der Waals surface area contributed by atoms with Crippen LogP contribution in [0.3, 0.4) is 0 Å². The zero-order valence-electron chi connectivity index (χ0n) is 35.1. The number of benzene rings is 10. The number of ether oxygens (including phenoxy) is 1. The molecule has 0 saturated heterocycles. The van der Waals surface area contributed by atoms with Gasteiger partial charge in [0.05, 0.1) is 0 Å². The highest BCUT2D eigenvalue weighted by molar-refractivity contribution is 7.00. The van der Waals surface area contributed by atoms with Crippen molar-refractivity contribution in [1.29, 1.82) is 0 Å². The van der Waals surface area contributed by atoms with Crippen LogP contribution in [0.5, 0.6) is 11.5 Å². The quantitative estimate of drug-likeness (QED) is 0.142. The first-order valence-electron chi connectivity index (χ1n) is 21.9. The fourth-order valence-corrected chi connectivity index (χ4v) is 9.71. The highest BCUT2D eigenvalue weighted by Crippen LogP contribution is 2.47.